The predicted octanol–water partition coefficient (Wildman–Crippen LogP) is 2.13. The summed E-state index contributed by atoms with van der Waals surface area (Å²) >= 11 is 1.41. The smallest absolute Gasteiger partial charge is 0.258 e. The molecule has 2 rings (SSSR count). The van der Waals surface area contributed by atoms with Crippen LogP contribution in [-0.2, 0) is 16.6 Å². The van der Waals surface area contributed by atoms with E-state index < -0.39 is 20.6 Å². The summed E-state index contributed by atoms with van der Waals surface area (Å²) in [6.45, 7) is 0.117. The van der Waals surface area contributed by atoms with Gasteiger partial charge >= 0.3 is 0 Å². The van der Waals surface area contributed by atoms with Gasteiger partial charge in [-0.25, -0.2) is 13.1 Å². The zero-order valence-corrected chi connectivity index (χ0v) is 11.3. The lowest BCUT2D eigenvalue weighted by Crippen LogP contribution is -2.23. The summed E-state index contributed by atoms with van der Waals surface area (Å²) in [7, 11) is -3.90. The van der Waals surface area contributed by atoms with E-state index in [0.717, 1.165) is 4.88 Å². The maximum absolute atomic E-state index is 12.0. The van der Waals surface area contributed by atoms with E-state index in [1.807, 2.05) is 5.38 Å². The molecule has 2 aromatic rings. The summed E-state index contributed by atoms with van der Waals surface area (Å²) in [5, 5.41) is 12.6. The largest absolute Gasteiger partial charge is 0.289 e. The third kappa shape index (κ3) is 3.16. The number of nitro benzene ring substituents is 1. The van der Waals surface area contributed by atoms with Crippen molar-refractivity contribution in [3.8, 4) is 0 Å². The summed E-state index contributed by atoms with van der Waals surface area (Å²) < 4.78 is 26.4. The van der Waals surface area contributed by atoms with Gasteiger partial charge in [-0.05, 0) is 17.5 Å². The monoisotopic (exact) mass is 298 g/mol. The zero-order chi connectivity index (χ0) is 13.9. The molecule has 0 fully saturated rings. The van der Waals surface area contributed by atoms with Crippen LogP contribution in [0, 0.1) is 10.1 Å². The maximum Gasteiger partial charge on any atom is 0.289 e. The van der Waals surface area contributed by atoms with Gasteiger partial charge in [-0.2, -0.15) is 0 Å². The van der Waals surface area contributed by atoms with Crippen LogP contribution in [0.2, 0.25) is 0 Å². The molecule has 0 spiro atoms. The molecule has 100 valence electrons. The molecular formula is C11H10N2O4S2. The molecule has 0 bridgehead atoms. The highest BCUT2D eigenvalue weighted by Crippen LogP contribution is 2.23. The lowest BCUT2D eigenvalue weighted by atomic mass is 10.3. The molecule has 0 aliphatic rings. The van der Waals surface area contributed by atoms with Crippen LogP contribution < -0.4 is 4.72 Å². The molecule has 0 aliphatic heterocycles. The second-order valence-electron chi connectivity index (χ2n) is 3.63. The van der Waals surface area contributed by atoms with Gasteiger partial charge in [-0.15, -0.1) is 11.3 Å². The molecule has 8 heteroatoms. The highest BCUT2D eigenvalue weighted by atomic mass is 32.2. The Morgan fingerprint density at radius 1 is 1.21 bits per heavy atom. The van der Waals surface area contributed by atoms with Crippen molar-refractivity contribution < 1.29 is 13.3 Å². The summed E-state index contributed by atoms with van der Waals surface area (Å²) in [6.07, 6.45) is 0. The first-order valence-corrected chi connectivity index (χ1v) is 7.62. The van der Waals surface area contributed by atoms with Gasteiger partial charge in [0.1, 0.15) is 0 Å². The minimum absolute atomic E-state index is 0.117. The Bertz CT molecular complexity index is 680. The van der Waals surface area contributed by atoms with Crippen molar-refractivity contribution in [1.29, 1.82) is 0 Å². The number of nitro groups is 1. The highest BCUT2D eigenvalue weighted by molar-refractivity contribution is 7.89. The molecule has 1 aromatic heterocycles. The van der Waals surface area contributed by atoms with Crippen LogP contribution in [-0.4, -0.2) is 13.3 Å². The van der Waals surface area contributed by atoms with Crippen LogP contribution in [0.3, 0.4) is 0 Å². The number of benzene rings is 1. The van der Waals surface area contributed by atoms with Crippen LogP contribution in [0.5, 0.6) is 0 Å². The number of sulfonamides is 1. The number of para-hydroxylation sites is 1. The Morgan fingerprint density at radius 2 is 1.95 bits per heavy atom. The quantitative estimate of drug-likeness (QED) is 0.676. The number of nitrogens with one attached hydrogen (secondary N) is 1. The summed E-state index contributed by atoms with van der Waals surface area (Å²) in [5.41, 5.74) is -0.429. The molecular weight excluding hydrogens is 288 g/mol. The first-order chi connectivity index (χ1) is 9.00. The minimum atomic E-state index is -3.90. The molecule has 0 radical (unpaired) electrons. The van der Waals surface area contributed by atoms with Gasteiger partial charge in [0.15, 0.2) is 4.90 Å². The van der Waals surface area contributed by atoms with Gasteiger partial charge in [-0.3, -0.25) is 10.1 Å². The number of thiophene rings is 1. The maximum atomic E-state index is 12.0. The molecule has 1 aromatic carbocycles. The molecule has 0 atom stereocenters. The van der Waals surface area contributed by atoms with Gasteiger partial charge in [0, 0.05) is 17.5 Å². The Balaban J connectivity index is 2.27. The van der Waals surface area contributed by atoms with E-state index in [9.17, 15) is 18.5 Å². The molecule has 0 amide bonds. The average Bonchev–Trinajstić information content (AvgIpc) is 2.89. The van der Waals surface area contributed by atoms with Crippen molar-refractivity contribution in [3.05, 3.63) is 56.8 Å². The van der Waals surface area contributed by atoms with Crippen molar-refractivity contribution >= 4 is 27.0 Å². The number of nitrogens with zero attached hydrogens (tertiary/aromatic N) is 1. The van der Waals surface area contributed by atoms with Crippen molar-refractivity contribution in [1.82, 2.24) is 4.72 Å². The van der Waals surface area contributed by atoms with Gasteiger partial charge in [0.05, 0.1) is 4.92 Å². The number of rotatable bonds is 5. The normalized spacial score (nSPS) is 11.4. The fraction of sp³-hybridized carbons (Fsp3) is 0.0909. The third-order valence-electron chi connectivity index (χ3n) is 2.37. The standard InChI is InChI=1S/C11H10N2O4S2/c14-13(15)10-5-1-2-6-11(10)19(16,17)12-8-9-4-3-7-18-9/h1-7,12H,8H2. The van der Waals surface area contributed by atoms with Crippen LogP contribution in [0.1, 0.15) is 4.88 Å². The first-order valence-electron chi connectivity index (χ1n) is 5.26. The van der Waals surface area contributed by atoms with E-state index in [1.165, 1.54) is 35.6 Å². The topological polar surface area (TPSA) is 89.3 Å². The van der Waals surface area contributed by atoms with Gasteiger partial charge in [0.25, 0.3) is 5.69 Å². The molecule has 0 aliphatic carbocycles. The second-order valence-corrected chi connectivity index (χ2v) is 6.40. The Labute approximate surface area is 113 Å². The van der Waals surface area contributed by atoms with Crippen LogP contribution >= 0.6 is 11.3 Å². The lowest BCUT2D eigenvalue weighted by molar-refractivity contribution is -0.387. The lowest BCUT2D eigenvalue weighted by Gasteiger charge is -2.06. The van der Waals surface area contributed by atoms with E-state index in [1.54, 1.807) is 12.1 Å². The molecule has 1 N–H and O–H groups in total. The first kappa shape index (κ1) is 13.7. The van der Waals surface area contributed by atoms with E-state index in [4.69, 9.17) is 0 Å². The number of hydrogen-bond donors (Lipinski definition) is 1. The fourth-order valence-corrected chi connectivity index (χ4v) is 3.40. The van der Waals surface area contributed by atoms with Gasteiger partial charge < -0.3 is 0 Å². The second kappa shape index (κ2) is 5.47. The summed E-state index contributed by atoms with van der Waals surface area (Å²) in [6, 6.07) is 8.85. The van der Waals surface area contributed by atoms with Crippen molar-refractivity contribution in [2.24, 2.45) is 0 Å². The molecule has 1 heterocycles. The summed E-state index contributed by atoms with van der Waals surface area (Å²) in [5.74, 6) is 0. The summed E-state index contributed by atoms with van der Waals surface area (Å²) in [4.78, 5) is 10.6. The van der Waals surface area contributed by atoms with Crippen LogP contribution in [0.25, 0.3) is 0 Å². The Hall–Kier alpha value is -1.77. The van der Waals surface area contributed by atoms with E-state index in [-0.39, 0.29) is 11.4 Å². The third-order valence-corrected chi connectivity index (χ3v) is 4.69. The Morgan fingerprint density at radius 3 is 2.58 bits per heavy atom. The van der Waals surface area contributed by atoms with Gasteiger partial charge in [-0.1, -0.05) is 18.2 Å². The average molecular weight is 298 g/mol. The van der Waals surface area contributed by atoms with Crippen LogP contribution in [0.15, 0.2) is 46.7 Å². The molecule has 0 saturated carbocycles. The fourth-order valence-electron chi connectivity index (χ4n) is 1.49. The number of hydrogen-bond acceptors (Lipinski definition) is 5. The molecule has 0 unspecified atom stereocenters. The highest BCUT2D eigenvalue weighted by Gasteiger charge is 2.24. The molecule has 6 nitrogen and oxygen atoms in total. The van der Waals surface area contributed by atoms with Crippen molar-refractivity contribution in [2.75, 3.05) is 0 Å². The SMILES string of the molecule is O=[N+]([O-])c1ccccc1S(=O)(=O)NCc1cccs1. The van der Waals surface area contributed by atoms with Crippen LogP contribution in [0.4, 0.5) is 5.69 Å². The van der Waals surface area contributed by atoms with Crippen molar-refractivity contribution in [2.45, 2.75) is 11.4 Å². The predicted molar refractivity (Wildman–Crippen MR) is 71.4 cm³/mol. The zero-order valence-electron chi connectivity index (χ0n) is 9.65. The molecule has 19 heavy (non-hydrogen) atoms. The van der Waals surface area contributed by atoms with Gasteiger partial charge in [0.2, 0.25) is 10.0 Å². The Kier molecular flexibility index (Phi) is 3.93. The minimum Gasteiger partial charge on any atom is -0.258 e. The molecule has 0 saturated heterocycles. The van der Waals surface area contributed by atoms with E-state index >= 15 is 0 Å². The van der Waals surface area contributed by atoms with Crippen molar-refractivity contribution in [3.63, 3.8) is 0 Å². The van der Waals surface area contributed by atoms with E-state index in [0.29, 0.717) is 0 Å². The van der Waals surface area contributed by atoms with E-state index in [2.05, 4.69) is 4.72 Å².